The summed E-state index contributed by atoms with van der Waals surface area (Å²) >= 11 is 0. The number of amides is 1. The molecule has 0 saturated carbocycles. The summed E-state index contributed by atoms with van der Waals surface area (Å²) in [4.78, 5) is 16.2. The predicted molar refractivity (Wildman–Crippen MR) is 73.3 cm³/mol. The monoisotopic (exact) mass is 261 g/mol. The number of rotatable bonds is 2. The summed E-state index contributed by atoms with van der Waals surface area (Å²) in [6.45, 7) is 4.39. The maximum absolute atomic E-state index is 11.7. The normalized spacial score (nSPS) is 24.5. The van der Waals surface area contributed by atoms with Gasteiger partial charge >= 0.3 is 0 Å². The topological polar surface area (TPSA) is 55.8 Å². The van der Waals surface area contributed by atoms with E-state index >= 15 is 0 Å². The Morgan fingerprint density at radius 1 is 1.21 bits per heavy atom. The zero-order chi connectivity index (χ0) is 13.2. The fourth-order valence-electron chi connectivity index (χ4n) is 2.91. The van der Waals surface area contributed by atoms with Crippen LogP contribution in [0.5, 0.6) is 5.75 Å². The highest BCUT2D eigenvalue weighted by atomic mass is 16.3. The maximum atomic E-state index is 11.7. The molecule has 5 heteroatoms. The van der Waals surface area contributed by atoms with Crippen LogP contribution in [0.15, 0.2) is 24.3 Å². The Morgan fingerprint density at radius 2 is 2.00 bits per heavy atom. The molecule has 5 nitrogen and oxygen atoms in total. The molecule has 19 heavy (non-hydrogen) atoms. The van der Waals surface area contributed by atoms with Crippen molar-refractivity contribution in [1.29, 1.82) is 0 Å². The molecule has 0 radical (unpaired) electrons. The Morgan fingerprint density at radius 3 is 2.63 bits per heavy atom. The van der Waals surface area contributed by atoms with Gasteiger partial charge in [0.05, 0.1) is 6.04 Å². The molecule has 0 aliphatic carbocycles. The van der Waals surface area contributed by atoms with Crippen molar-refractivity contribution in [1.82, 2.24) is 10.2 Å². The number of carbonyl (C=O) groups excluding carboxylic acids is 1. The van der Waals surface area contributed by atoms with Crippen LogP contribution >= 0.6 is 0 Å². The van der Waals surface area contributed by atoms with Gasteiger partial charge in [0.15, 0.2) is 0 Å². The molecule has 0 spiro atoms. The lowest BCUT2D eigenvalue weighted by atomic mass is 10.1. The van der Waals surface area contributed by atoms with Crippen LogP contribution in [0.4, 0.5) is 5.69 Å². The molecule has 1 unspecified atom stereocenters. The number of phenolic OH excluding ortho intramolecular Hbond substituents is 1. The largest absolute Gasteiger partial charge is 0.508 e. The predicted octanol–water partition coefficient (Wildman–Crippen LogP) is 0.403. The van der Waals surface area contributed by atoms with Crippen LogP contribution in [0.3, 0.4) is 0 Å². The summed E-state index contributed by atoms with van der Waals surface area (Å²) in [6, 6.07) is 7.41. The number of nitrogens with one attached hydrogen (secondary N) is 1. The van der Waals surface area contributed by atoms with Crippen molar-refractivity contribution in [3.8, 4) is 5.75 Å². The Hall–Kier alpha value is -1.75. The average Bonchev–Trinajstić information content (AvgIpc) is 2.85. The molecule has 1 aromatic carbocycles. The van der Waals surface area contributed by atoms with E-state index in [0.717, 1.165) is 44.8 Å². The fraction of sp³-hybridized carbons (Fsp3) is 0.500. The number of aromatic hydroxyl groups is 1. The minimum Gasteiger partial charge on any atom is -0.508 e. The third kappa shape index (κ3) is 2.51. The smallest absolute Gasteiger partial charge is 0.237 e. The van der Waals surface area contributed by atoms with Crippen LogP contribution in [-0.2, 0) is 4.79 Å². The lowest BCUT2D eigenvalue weighted by Gasteiger charge is -2.38. The van der Waals surface area contributed by atoms with Crippen molar-refractivity contribution >= 4 is 11.6 Å². The van der Waals surface area contributed by atoms with E-state index in [0.29, 0.717) is 5.75 Å². The Balaban J connectivity index is 1.61. The van der Waals surface area contributed by atoms with Crippen LogP contribution < -0.4 is 10.2 Å². The lowest BCUT2D eigenvalue weighted by molar-refractivity contribution is -0.123. The first-order valence-corrected chi connectivity index (χ1v) is 6.80. The second-order valence-electron chi connectivity index (χ2n) is 5.14. The number of phenols is 1. The van der Waals surface area contributed by atoms with Crippen LogP contribution in [0.1, 0.15) is 6.42 Å². The number of hydrogen-bond acceptors (Lipinski definition) is 4. The average molecular weight is 261 g/mol. The SMILES string of the molecule is O=C1NCCC1N1CCN(c2cccc(O)c2)CC1. The lowest BCUT2D eigenvalue weighted by Crippen LogP contribution is -2.52. The van der Waals surface area contributed by atoms with E-state index in [4.69, 9.17) is 0 Å². The molecule has 2 N–H and O–H groups in total. The number of anilines is 1. The second-order valence-corrected chi connectivity index (χ2v) is 5.14. The van der Waals surface area contributed by atoms with Gasteiger partial charge < -0.3 is 15.3 Å². The number of piperazine rings is 1. The highest BCUT2D eigenvalue weighted by Crippen LogP contribution is 2.22. The van der Waals surface area contributed by atoms with E-state index in [1.807, 2.05) is 12.1 Å². The summed E-state index contributed by atoms with van der Waals surface area (Å²) in [5.74, 6) is 0.473. The third-order valence-electron chi connectivity index (χ3n) is 3.97. The minimum atomic E-state index is 0.0614. The molecular weight excluding hydrogens is 242 g/mol. The van der Waals surface area contributed by atoms with E-state index < -0.39 is 0 Å². The van der Waals surface area contributed by atoms with Crippen molar-refractivity contribution in [3.63, 3.8) is 0 Å². The first-order chi connectivity index (χ1) is 9.24. The molecule has 2 aliphatic heterocycles. The highest BCUT2D eigenvalue weighted by Gasteiger charge is 2.32. The standard InChI is InChI=1S/C14H19N3O2/c18-12-3-1-2-11(10-12)16-6-8-17(9-7-16)13-4-5-15-14(13)19/h1-3,10,13,18H,4-9H2,(H,15,19). The Kier molecular flexibility index (Phi) is 3.29. The maximum Gasteiger partial charge on any atom is 0.237 e. The van der Waals surface area contributed by atoms with E-state index in [1.54, 1.807) is 12.1 Å². The van der Waals surface area contributed by atoms with Crippen LogP contribution in [-0.4, -0.2) is 54.7 Å². The van der Waals surface area contributed by atoms with E-state index in [9.17, 15) is 9.90 Å². The summed E-state index contributed by atoms with van der Waals surface area (Å²) in [5.41, 5.74) is 1.05. The number of nitrogens with zero attached hydrogens (tertiary/aromatic N) is 2. The van der Waals surface area contributed by atoms with Crippen LogP contribution in [0.2, 0.25) is 0 Å². The molecule has 2 aliphatic rings. The van der Waals surface area contributed by atoms with E-state index in [2.05, 4.69) is 15.1 Å². The first-order valence-electron chi connectivity index (χ1n) is 6.80. The van der Waals surface area contributed by atoms with Gasteiger partial charge in [-0.1, -0.05) is 6.07 Å². The molecule has 1 amide bonds. The van der Waals surface area contributed by atoms with Crippen molar-refractivity contribution < 1.29 is 9.90 Å². The summed E-state index contributed by atoms with van der Waals surface area (Å²) in [5, 5.41) is 12.4. The quantitative estimate of drug-likeness (QED) is 0.809. The molecule has 2 fully saturated rings. The van der Waals surface area contributed by atoms with Gasteiger partial charge in [-0.15, -0.1) is 0 Å². The zero-order valence-electron chi connectivity index (χ0n) is 10.9. The minimum absolute atomic E-state index is 0.0614. The Labute approximate surface area is 112 Å². The number of benzene rings is 1. The third-order valence-corrected chi connectivity index (χ3v) is 3.97. The van der Waals surface area contributed by atoms with Gasteiger partial charge in [-0.2, -0.15) is 0 Å². The molecule has 2 heterocycles. The van der Waals surface area contributed by atoms with Crippen molar-refractivity contribution in [2.75, 3.05) is 37.6 Å². The molecule has 0 bridgehead atoms. The summed E-state index contributed by atoms with van der Waals surface area (Å²) in [6.07, 6.45) is 0.922. The Bertz CT molecular complexity index is 470. The summed E-state index contributed by atoms with van der Waals surface area (Å²) in [7, 11) is 0. The van der Waals surface area contributed by atoms with Crippen molar-refractivity contribution in [2.24, 2.45) is 0 Å². The molecule has 1 atom stereocenters. The van der Waals surface area contributed by atoms with Gasteiger partial charge in [0.2, 0.25) is 5.91 Å². The molecule has 2 saturated heterocycles. The van der Waals surface area contributed by atoms with E-state index in [-0.39, 0.29) is 11.9 Å². The van der Waals surface area contributed by atoms with E-state index in [1.165, 1.54) is 0 Å². The van der Waals surface area contributed by atoms with Gasteiger partial charge in [-0.25, -0.2) is 0 Å². The van der Waals surface area contributed by atoms with Gasteiger partial charge in [-0.3, -0.25) is 9.69 Å². The van der Waals surface area contributed by atoms with Gasteiger partial charge in [-0.05, 0) is 18.6 Å². The van der Waals surface area contributed by atoms with Crippen LogP contribution in [0, 0.1) is 0 Å². The molecular formula is C14H19N3O2. The molecule has 1 aromatic rings. The molecule has 3 rings (SSSR count). The van der Waals surface area contributed by atoms with Crippen molar-refractivity contribution in [3.05, 3.63) is 24.3 Å². The fourth-order valence-corrected chi connectivity index (χ4v) is 2.91. The molecule has 0 aromatic heterocycles. The summed E-state index contributed by atoms with van der Waals surface area (Å²) < 4.78 is 0. The van der Waals surface area contributed by atoms with Gasteiger partial charge in [0, 0.05) is 44.5 Å². The number of carbonyl (C=O) groups is 1. The van der Waals surface area contributed by atoms with Gasteiger partial charge in [0.25, 0.3) is 0 Å². The van der Waals surface area contributed by atoms with Crippen LogP contribution in [0.25, 0.3) is 0 Å². The second kappa shape index (κ2) is 5.09. The zero-order valence-corrected chi connectivity index (χ0v) is 10.9. The highest BCUT2D eigenvalue weighted by molar-refractivity contribution is 5.83. The number of hydrogen-bond donors (Lipinski definition) is 2. The first kappa shape index (κ1) is 12.3. The molecule has 102 valence electrons. The van der Waals surface area contributed by atoms with Gasteiger partial charge in [0.1, 0.15) is 5.75 Å². The van der Waals surface area contributed by atoms with Crippen molar-refractivity contribution in [2.45, 2.75) is 12.5 Å².